The summed E-state index contributed by atoms with van der Waals surface area (Å²) in [6.07, 6.45) is 10.8. The summed E-state index contributed by atoms with van der Waals surface area (Å²) >= 11 is 2.01. The first-order valence-corrected chi connectivity index (χ1v) is 11.9. The third-order valence-electron chi connectivity index (χ3n) is 6.25. The summed E-state index contributed by atoms with van der Waals surface area (Å²) in [7, 11) is 0. The molecule has 1 aliphatic carbocycles. The minimum Gasteiger partial charge on any atom is -0.353 e. The fraction of sp³-hybridized carbons (Fsp3) is 0.773. The zero-order valence-electron chi connectivity index (χ0n) is 16.6. The van der Waals surface area contributed by atoms with Crippen molar-refractivity contribution in [3.05, 3.63) is 21.9 Å². The number of likely N-dealkylation sites (tertiary alicyclic amines) is 2. The minimum absolute atomic E-state index is 0.273. The number of piperidine rings is 2. The molecule has 150 valence electrons. The first-order valence-electron chi connectivity index (χ1n) is 11.1. The van der Waals surface area contributed by atoms with Crippen molar-refractivity contribution in [1.29, 1.82) is 0 Å². The Morgan fingerprint density at radius 3 is 2.41 bits per heavy atom. The fourth-order valence-corrected chi connectivity index (χ4v) is 5.65. The van der Waals surface area contributed by atoms with Crippen LogP contribution in [0, 0.1) is 5.92 Å². The van der Waals surface area contributed by atoms with Gasteiger partial charge in [-0.25, -0.2) is 0 Å². The molecule has 1 N–H and O–H groups in total. The van der Waals surface area contributed by atoms with Gasteiger partial charge in [-0.3, -0.25) is 14.6 Å². The number of rotatable bonds is 8. The molecule has 1 unspecified atom stereocenters. The van der Waals surface area contributed by atoms with Gasteiger partial charge in [-0.15, -0.1) is 11.3 Å². The Morgan fingerprint density at radius 2 is 1.67 bits per heavy atom. The van der Waals surface area contributed by atoms with Crippen molar-refractivity contribution in [3.8, 4) is 0 Å². The van der Waals surface area contributed by atoms with E-state index in [1.54, 1.807) is 0 Å². The van der Waals surface area contributed by atoms with E-state index in [9.17, 15) is 4.79 Å². The maximum Gasteiger partial charge on any atom is 0.220 e. The molecular weight excluding hydrogens is 354 g/mol. The van der Waals surface area contributed by atoms with Crippen molar-refractivity contribution in [2.24, 2.45) is 5.92 Å². The van der Waals surface area contributed by atoms with Crippen molar-refractivity contribution < 1.29 is 4.79 Å². The number of carbonyl (C=O) groups excluding carboxylic acids is 1. The van der Waals surface area contributed by atoms with Crippen LogP contribution >= 0.6 is 11.3 Å². The third kappa shape index (κ3) is 6.30. The lowest BCUT2D eigenvalue weighted by Crippen LogP contribution is -2.35. The SMILES string of the molecule is O=C(CCC1CCCN(Cc2ccc(CN3CCCCC3)s2)C1)NC1CC1. The van der Waals surface area contributed by atoms with Crippen LogP contribution in [0.4, 0.5) is 0 Å². The molecule has 0 radical (unpaired) electrons. The van der Waals surface area contributed by atoms with E-state index in [1.807, 2.05) is 11.3 Å². The topological polar surface area (TPSA) is 35.6 Å². The highest BCUT2D eigenvalue weighted by atomic mass is 32.1. The molecule has 1 atom stereocenters. The normalized spacial score (nSPS) is 24.8. The van der Waals surface area contributed by atoms with E-state index in [0.717, 1.165) is 26.1 Å². The number of thiophene rings is 1. The average Bonchev–Trinajstić information content (AvgIpc) is 3.39. The summed E-state index contributed by atoms with van der Waals surface area (Å²) in [5.41, 5.74) is 0. The fourth-order valence-electron chi connectivity index (χ4n) is 4.54. The Balaban J connectivity index is 1.20. The summed E-state index contributed by atoms with van der Waals surface area (Å²) in [4.78, 5) is 20.2. The molecule has 1 amide bonds. The Kier molecular flexibility index (Phi) is 6.85. The maximum atomic E-state index is 11.9. The number of hydrogen-bond acceptors (Lipinski definition) is 4. The molecule has 0 spiro atoms. The van der Waals surface area contributed by atoms with Crippen LogP contribution < -0.4 is 5.32 Å². The highest BCUT2D eigenvalue weighted by Gasteiger charge is 2.25. The van der Waals surface area contributed by atoms with Gasteiger partial charge in [0.05, 0.1) is 0 Å². The van der Waals surface area contributed by atoms with Crippen molar-refractivity contribution in [2.75, 3.05) is 26.2 Å². The molecule has 5 heteroatoms. The molecule has 1 saturated carbocycles. The van der Waals surface area contributed by atoms with Crippen LogP contribution in [0.15, 0.2) is 12.1 Å². The molecule has 0 bridgehead atoms. The second-order valence-electron chi connectivity index (χ2n) is 8.83. The van der Waals surface area contributed by atoms with E-state index in [-0.39, 0.29) is 5.91 Å². The van der Waals surface area contributed by atoms with Crippen LogP contribution in [0.1, 0.15) is 67.5 Å². The van der Waals surface area contributed by atoms with Gasteiger partial charge in [0.2, 0.25) is 5.91 Å². The lowest BCUT2D eigenvalue weighted by Gasteiger charge is -2.32. The van der Waals surface area contributed by atoms with Crippen molar-refractivity contribution in [3.63, 3.8) is 0 Å². The largest absolute Gasteiger partial charge is 0.353 e. The van der Waals surface area contributed by atoms with E-state index in [0.29, 0.717) is 18.4 Å². The van der Waals surface area contributed by atoms with Crippen LogP contribution in [0.25, 0.3) is 0 Å². The predicted octanol–water partition coefficient (Wildman–Crippen LogP) is 4.00. The van der Waals surface area contributed by atoms with Crippen LogP contribution in [-0.4, -0.2) is 47.9 Å². The van der Waals surface area contributed by atoms with Gasteiger partial charge in [0.15, 0.2) is 0 Å². The average molecular weight is 390 g/mol. The van der Waals surface area contributed by atoms with E-state index >= 15 is 0 Å². The number of nitrogens with zero attached hydrogens (tertiary/aromatic N) is 2. The van der Waals surface area contributed by atoms with Gasteiger partial charge in [0.1, 0.15) is 0 Å². The Hall–Kier alpha value is -0.910. The van der Waals surface area contributed by atoms with Gasteiger partial charge >= 0.3 is 0 Å². The summed E-state index contributed by atoms with van der Waals surface area (Å²) in [5.74, 6) is 0.965. The monoisotopic (exact) mass is 389 g/mol. The zero-order chi connectivity index (χ0) is 18.5. The molecule has 3 fully saturated rings. The Morgan fingerprint density at radius 1 is 0.963 bits per heavy atom. The Bertz CT molecular complexity index is 606. The predicted molar refractivity (Wildman–Crippen MR) is 112 cm³/mol. The van der Waals surface area contributed by atoms with Gasteiger partial charge in [0.25, 0.3) is 0 Å². The summed E-state index contributed by atoms with van der Waals surface area (Å²) in [6.45, 7) is 7.16. The van der Waals surface area contributed by atoms with Gasteiger partial charge in [-0.2, -0.15) is 0 Å². The quantitative estimate of drug-likeness (QED) is 0.730. The van der Waals surface area contributed by atoms with E-state index < -0.39 is 0 Å². The van der Waals surface area contributed by atoms with E-state index in [2.05, 4.69) is 27.2 Å². The molecule has 2 saturated heterocycles. The summed E-state index contributed by atoms with van der Waals surface area (Å²) in [5, 5.41) is 3.13. The number of hydrogen-bond donors (Lipinski definition) is 1. The molecule has 2 aliphatic heterocycles. The van der Waals surface area contributed by atoms with Gasteiger partial charge < -0.3 is 5.32 Å². The van der Waals surface area contributed by atoms with Gasteiger partial charge in [0, 0.05) is 41.9 Å². The van der Waals surface area contributed by atoms with Crippen molar-refractivity contribution >= 4 is 17.2 Å². The molecular formula is C22H35N3OS. The first kappa shape index (κ1) is 19.4. The highest BCUT2D eigenvalue weighted by Crippen LogP contribution is 2.26. The maximum absolute atomic E-state index is 11.9. The van der Waals surface area contributed by atoms with Crippen molar-refractivity contribution in [1.82, 2.24) is 15.1 Å². The molecule has 1 aromatic rings. The third-order valence-corrected chi connectivity index (χ3v) is 7.30. The highest BCUT2D eigenvalue weighted by molar-refractivity contribution is 7.11. The van der Waals surface area contributed by atoms with Gasteiger partial charge in [-0.05, 0) is 82.6 Å². The first-order chi connectivity index (χ1) is 13.2. The smallest absolute Gasteiger partial charge is 0.220 e. The molecule has 0 aromatic carbocycles. The zero-order valence-corrected chi connectivity index (χ0v) is 17.4. The van der Waals surface area contributed by atoms with E-state index in [1.165, 1.54) is 74.3 Å². The molecule has 27 heavy (non-hydrogen) atoms. The molecule has 3 aliphatic rings. The van der Waals surface area contributed by atoms with Crippen LogP contribution in [0.5, 0.6) is 0 Å². The molecule has 3 heterocycles. The number of nitrogens with one attached hydrogen (secondary N) is 1. The lowest BCUT2D eigenvalue weighted by atomic mass is 9.93. The van der Waals surface area contributed by atoms with E-state index in [4.69, 9.17) is 0 Å². The summed E-state index contributed by atoms with van der Waals surface area (Å²) in [6, 6.07) is 5.19. The van der Waals surface area contributed by atoms with Gasteiger partial charge in [-0.1, -0.05) is 6.42 Å². The van der Waals surface area contributed by atoms with Crippen LogP contribution in [0.2, 0.25) is 0 Å². The second-order valence-corrected chi connectivity index (χ2v) is 10.1. The summed E-state index contributed by atoms with van der Waals surface area (Å²) < 4.78 is 0. The number of carbonyl (C=O) groups is 1. The van der Waals surface area contributed by atoms with Crippen molar-refractivity contribution in [2.45, 2.75) is 76.9 Å². The lowest BCUT2D eigenvalue weighted by molar-refractivity contribution is -0.121. The molecule has 4 rings (SSSR count). The Labute approximate surface area is 168 Å². The molecule has 4 nitrogen and oxygen atoms in total. The van der Waals surface area contributed by atoms with Crippen LogP contribution in [0.3, 0.4) is 0 Å². The number of amides is 1. The van der Waals surface area contributed by atoms with Crippen LogP contribution in [-0.2, 0) is 17.9 Å². The second kappa shape index (κ2) is 9.53. The standard InChI is InChI=1S/C22H35N3OS/c26-22(23-19-7-8-19)11-6-18-5-4-14-25(15-18)17-21-10-9-20(27-21)16-24-12-2-1-3-13-24/h9-10,18-19H,1-8,11-17H2,(H,23,26). The molecule has 1 aromatic heterocycles. The minimum atomic E-state index is 0.273.